The number of rotatable bonds is 6. The molecule has 4 aromatic rings. The normalized spacial score (nSPS) is 10.8. The molecule has 0 N–H and O–H groups in total. The number of aromatic nitrogens is 4. The lowest BCUT2D eigenvalue weighted by atomic mass is 9.98. The fourth-order valence-electron chi connectivity index (χ4n) is 3.23. The first-order valence-corrected chi connectivity index (χ1v) is 9.22. The molecule has 0 fully saturated rings. The maximum atomic E-state index is 10.9. The molecule has 1 aromatic heterocycles. The average Bonchev–Trinajstić information content (AvgIpc) is 3.22. The van der Waals surface area contributed by atoms with Gasteiger partial charge in [0.25, 0.3) is 0 Å². The van der Waals surface area contributed by atoms with Crippen molar-refractivity contribution >= 4 is 6.29 Å². The second-order valence-electron chi connectivity index (χ2n) is 6.67. The monoisotopic (exact) mass is 368 g/mol. The Balaban J connectivity index is 1.58. The number of benzene rings is 3. The maximum absolute atomic E-state index is 10.9. The molecule has 0 spiro atoms. The number of carbonyl (C=O) groups excluding carboxylic acids is 1. The van der Waals surface area contributed by atoms with Crippen molar-refractivity contribution in [3.8, 4) is 22.5 Å². The van der Waals surface area contributed by atoms with Gasteiger partial charge in [-0.05, 0) is 40.8 Å². The van der Waals surface area contributed by atoms with Crippen molar-refractivity contribution in [2.24, 2.45) is 0 Å². The zero-order chi connectivity index (χ0) is 19.3. The molecule has 0 radical (unpaired) electrons. The van der Waals surface area contributed by atoms with E-state index >= 15 is 0 Å². The highest BCUT2D eigenvalue weighted by atomic mass is 16.1. The van der Waals surface area contributed by atoms with Crippen molar-refractivity contribution < 1.29 is 4.79 Å². The molecule has 3 aromatic carbocycles. The van der Waals surface area contributed by atoms with Gasteiger partial charge in [-0.15, -0.1) is 10.2 Å². The van der Waals surface area contributed by atoms with Crippen LogP contribution in [0.1, 0.15) is 21.5 Å². The maximum Gasteiger partial charge on any atom is 0.205 e. The van der Waals surface area contributed by atoms with Gasteiger partial charge < -0.3 is 0 Å². The average molecular weight is 368 g/mol. The molecule has 0 saturated carbocycles. The Morgan fingerprint density at radius 2 is 1.61 bits per heavy atom. The summed E-state index contributed by atoms with van der Waals surface area (Å²) < 4.78 is 0. The molecule has 0 bridgehead atoms. The predicted molar refractivity (Wildman–Crippen MR) is 109 cm³/mol. The third-order valence-electron chi connectivity index (χ3n) is 4.82. The lowest BCUT2D eigenvalue weighted by molar-refractivity contribution is 0.112. The molecule has 0 saturated heterocycles. The second kappa shape index (κ2) is 7.96. The molecule has 28 heavy (non-hydrogen) atoms. The Morgan fingerprint density at radius 1 is 0.893 bits per heavy atom. The summed E-state index contributed by atoms with van der Waals surface area (Å²) in [5.41, 5.74) is 6.16. The van der Waals surface area contributed by atoms with E-state index in [4.69, 9.17) is 0 Å². The highest BCUT2D eigenvalue weighted by Crippen LogP contribution is 2.29. The van der Waals surface area contributed by atoms with E-state index in [0.717, 1.165) is 29.4 Å². The smallest absolute Gasteiger partial charge is 0.205 e. The third-order valence-corrected chi connectivity index (χ3v) is 4.82. The summed E-state index contributed by atoms with van der Waals surface area (Å²) in [5.74, 6) is 0.597. The van der Waals surface area contributed by atoms with E-state index in [1.54, 1.807) is 4.80 Å². The van der Waals surface area contributed by atoms with E-state index < -0.39 is 0 Å². The SMILES string of the molecule is Cc1ccccc1CCn1nnc(-c2ccccc2-c2ccc(C=O)cc2)n1. The van der Waals surface area contributed by atoms with Gasteiger partial charge >= 0.3 is 0 Å². The van der Waals surface area contributed by atoms with Crippen LogP contribution in [0.2, 0.25) is 0 Å². The molecular weight excluding hydrogens is 348 g/mol. The lowest BCUT2D eigenvalue weighted by Gasteiger charge is -2.07. The number of nitrogens with zero attached hydrogens (tertiary/aromatic N) is 4. The first-order valence-electron chi connectivity index (χ1n) is 9.22. The van der Waals surface area contributed by atoms with E-state index in [-0.39, 0.29) is 0 Å². The predicted octanol–water partition coefficient (Wildman–Crippen LogP) is 4.37. The molecule has 0 atom stereocenters. The lowest BCUT2D eigenvalue weighted by Crippen LogP contribution is -2.06. The van der Waals surface area contributed by atoms with E-state index in [2.05, 4.69) is 40.5 Å². The van der Waals surface area contributed by atoms with Crippen molar-refractivity contribution in [3.63, 3.8) is 0 Å². The van der Waals surface area contributed by atoms with Crippen LogP contribution in [-0.2, 0) is 13.0 Å². The summed E-state index contributed by atoms with van der Waals surface area (Å²) in [6.45, 7) is 2.79. The Kier molecular flexibility index (Phi) is 5.06. The van der Waals surface area contributed by atoms with Gasteiger partial charge in [0.2, 0.25) is 5.82 Å². The fraction of sp³-hybridized carbons (Fsp3) is 0.130. The summed E-state index contributed by atoms with van der Waals surface area (Å²) in [4.78, 5) is 12.5. The van der Waals surface area contributed by atoms with Gasteiger partial charge in [-0.25, -0.2) is 0 Å². The van der Waals surface area contributed by atoms with Gasteiger partial charge in [0.1, 0.15) is 6.29 Å². The summed E-state index contributed by atoms with van der Waals surface area (Å²) in [6.07, 6.45) is 1.70. The van der Waals surface area contributed by atoms with Crippen LogP contribution in [0, 0.1) is 6.92 Å². The number of hydrogen-bond acceptors (Lipinski definition) is 4. The molecule has 138 valence electrons. The van der Waals surface area contributed by atoms with Crippen LogP contribution >= 0.6 is 0 Å². The quantitative estimate of drug-likeness (QED) is 0.474. The number of aldehydes is 1. The van der Waals surface area contributed by atoms with Gasteiger partial charge in [0.15, 0.2) is 0 Å². The fourth-order valence-corrected chi connectivity index (χ4v) is 3.23. The Hall–Kier alpha value is -3.60. The molecule has 0 aliphatic heterocycles. The Morgan fingerprint density at radius 3 is 2.36 bits per heavy atom. The number of carbonyl (C=O) groups is 1. The van der Waals surface area contributed by atoms with E-state index in [9.17, 15) is 4.79 Å². The zero-order valence-corrected chi connectivity index (χ0v) is 15.6. The Bertz CT molecular complexity index is 1100. The van der Waals surface area contributed by atoms with E-state index in [1.165, 1.54) is 11.1 Å². The van der Waals surface area contributed by atoms with Gasteiger partial charge in [-0.1, -0.05) is 72.8 Å². The molecule has 0 aliphatic carbocycles. The first-order chi connectivity index (χ1) is 13.7. The van der Waals surface area contributed by atoms with Crippen molar-refractivity contribution in [1.29, 1.82) is 0 Å². The minimum absolute atomic E-state index is 0.597. The van der Waals surface area contributed by atoms with Gasteiger partial charge in [-0.3, -0.25) is 4.79 Å². The molecule has 0 amide bonds. The molecule has 0 aliphatic rings. The highest BCUT2D eigenvalue weighted by Gasteiger charge is 2.12. The topological polar surface area (TPSA) is 60.7 Å². The highest BCUT2D eigenvalue weighted by molar-refractivity contribution is 5.82. The van der Waals surface area contributed by atoms with Crippen LogP contribution in [0.3, 0.4) is 0 Å². The molecule has 4 rings (SSSR count). The summed E-state index contributed by atoms with van der Waals surface area (Å²) >= 11 is 0. The largest absolute Gasteiger partial charge is 0.298 e. The summed E-state index contributed by atoms with van der Waals surface area (Å²) in [6, 6.07) is 23.8. The van der Waals surface area contributed by atoms with Crippen molar-refractivity contribution in [1.82, 2.24) is 20.2 Å². The molecule has 0 unspecified atom stereocenters. The molecule has 1 heterocycles. The first kappa shape index (κ1) is 17.8. The van der Waals surface area contributed by atoms with Gasteiger partial charge in [0.05, 0.1) is 6.54 Å². The number of hydrogen-bond donors (Lipinski definition) is 0. The zero-order valence-electron chi connectivity index (χ0n) is 15.6. The van der Waals surface area contributed by atoms with E-state index in [0.29, 0.717) is 17.9 Å². The molecule has 5 nitrogen and oxygen atoms in total. The van der Waals surface area contributed by atoms with Crippen LogP contribution < -0.4 is 0 Å². The minimum Gasteiger partial charge on any atom is -0.298 e. The van der Waals surface area contributed by atoms with Crippen LogP contribution in [0.4, 0.5) is 0 Å². The van der Waals surface area contributed by atoms with Crippen LogP contribution in [0.5, 0.6) is 0 Å². The van der Waals surface area contributed by atoms with Crippen LogP contribution in [-0.4, -0.2) is 26.5 Å². The number of tetrazole rings is 1. The summed E-state index contributed by atoms with van der Waals surface area (Å²) in [5, 5.41) is 13.1. The third kappa shape index (κ3) is 3.74. The van der Waals surface area contributed by atoms with Crippen molar-refractivity contribution in [3.05, 3.63) is 89.5 Å². The molecule has 5 heteroatoms. The van der Waals surface area contributed by atoms with Crippen molar-refractivity contribution in [2.75, 3.05) is 0 Å². The van der Waals surface area contributed by atoms with Crippen LogP contribution in [0.15, 0.2) is 72.8 Å². The molecular formula is C23H20N4O. The van der Waals surface area contributed by atoms with Gasteiger partial charge in [0, 0.05) is 11.1 Å². The standard InChI is InChI=1S/C23H20N4O/c1-17-6-2-3-7-19(17)14-15-27-25-23(24-26-27)22-9-5-4-8-21(22)20-12-10-18(16-28)11-13-20/h2-13,16H,14-15H2,1H3. The summed E-state index contributed by atoms with van der Waals surface area (Å²) in [7, 11) is 0. The minimum atomic E-state index is 0.597. The van der Waals surface area contributed by atoms with Gasteiger partial charge in [-0.2, -0.15) is 4.80 Å². The van der Waals surface area contributed by atoms with Crippen molar-refractivity contribution in [2.45, 2.75) is 19.9 Å². The van der Waals surface area contributed by atoms with Crippen LogP contribution in [0.25, 0.3) is 22.5 Å². The number of aryl methyl sites for hydroxylation is 3. The second-order valence-corrected chi connectivity index (χ2v) is 6.67. The van der Waals surface area contributed by atoms with E-state index in [1.807, 2.05) is 54.6 Å². The Labute approximate surface area is 163 Å².